The molecule has 0 aliphatic heterocycles. The molecule has 0 aliphatic carbocycles. The number of aryl methyl sites for hydroxylation is 2. The van der Waals surface area contributed by atoms with Gasteiger partial charge in [0.25, 0.3) is 0 Å². The Morgan fingerprint density at radius 3 is 2.68 bits per heavy atom. The number of guanidine groups is 1. The lowest BCUT2D eigenvalue weighted by atomic mass is 10.4. The average molecular weight is 268 g/mol. The van der Waals surface area contributed by atoms with Crippen LogP contribution in [0.5, 0.6) is 0 Å². The zero-order valence-corrected chi connectivity index (χ0v) is 11.7. The van der Waals surface area contributed by atoms with Gasteiger partial charge in [0.15, 0.2) is 5.96 Å². The summed E-state index contributed by atoms with van der Waals surface area (Å²) in [6, 6.07) is 0. The molecule has 0 saturated carbocycles. The number of hydrogen-bond acceptors (Lipinski definition) is 5. The number of carbonyl (C=O) groups is 1. The van der Waals surface area contributed by atoms with Crippen molar-refractivity contribution >= 4 is 11.9 Å². The van der Waals surface area contributed by atoms with E-state index in [0.717, 1.165) is 11.5 Å². The fourth-order valence-corrected chi connectivity index (χ4v) is 1.38. The fourth-order valence-electron chi connectivity index (χ4n) is 1.38. The second-order valence-corrected chi connectivity index (χ2v) is 3.93. The van der Waals surface area contributed by atoms with E-state index in [0.29, 0.717) is 24.9 Å². The highest BCUT2D eigenvalue weighted by atomic mass is 16.5. The van der Waals surface area contributed by atoms with Crippen LogP contribution in [-0.4, -0.2) is 37.6 Å². The lowest BCUT2D eigenvalue weighted by molar-refractivity contribution is -0.140. The Morgan fingerprint density at radius 1 is 1.42 bits per heavy atom. The van der Waals surface area contributed by atoms with Gasteiger partial charge in [-0.05, 0) is 13.8 Å². The molecule has 1 aromatic heterocycles. The molecule has 0 spiro atoms. The predicted molar refractivity (Wildman–Crippen MR) is 70.8 cm³/mol. The van der Waals surface area contributed by atoms with Crippen molar-refractivity contribution in [1.82, 2.24) is 15.6 Å². The number of carbonyl (C=O) groups excluding carboxylic acids is 1. The summed E-state index contributed by atoms with van der Waals surface area (Å²) in [5, 5.41) is 6.04. The van der Waals surface area contributed by atoms with Crippen LogP contribution in [0.1, 0.15) is 23.8 Å². The number of esters is 1. The lowest BCUT2D eigenvalue weighted by Gasteiger charge is -2.09. The molecule has 0 saturated heterocycles. The number of nitrogens with one attached hydrogen (secondary N) is 2. The number of methoxy groups -OCH3 is 1. The molecular weight excluding hydrogens is 248 g/mol. The quantitative estimate of drug-likeness (QED) is 0.460. The highest BCUT2D eigenvalue weighted by Crippen LogP contribution is 2.07. The zero-order valence-electron chi connectivity index (χ0n) is 11.7. The second kappa shape index (κ2) is 7.40. The van der Waals surface area contributed by atoms with Gasteiger partial charge in [0.1, 0.15) is 5.76 Å². The number of aliphatic imine (C=N–C) groups is 1. The van der Waals surface area contributed by atoms with E-state index < -0.39 is 0 Å². The Morgan fingerprint density at radius 2 is 2.16 bits per heavy atom. The van der Waals surface area contributed by atoms with Crippen LogP contribution in [0.4, 0.5) is 0 Å². The van der Waals surface area contributed by atoms with Crippen molar-refractivity contribution < 1.29 is 13.9 Å². The number of hydrogen-bond donors (Lipinski definition) is 2. The summed E-state index contributed by atoms with van der Waals surface area (Å²) in [4.78, 5) is 19.2. The molecule has 106 valence electrons. The molecule has 0 aromatic carbocycles. The standard InChI is InChI=1S/C12H20N4O3/c1-8-9(2)19-10(16-8)7-15-12(13-3)14-6-5-11(17)18-4/h5-7H2,1-4H3,(H2,13,14,15). The first kappa shape index (κ1) is 15.0. The van der Waals surface area contributed by atoms with Gasteiger partial charge in [-0.2, -0.15) is 0 Å². The van der Waals surface area contributed by atoms with E-state index in [1.807, 2.05) is 13.8 Å². The fraction of sp³-hybridized carbons (Fsp3) is 0.583. The molecule has 2 N–H and O–H groups in total. The van der Waals surface area contributed by atoms with E-state index in [1.54, 1.807) is 7.05 Å². The van der Waals surface area contributed by atoms with E-state index in [2.05, 4.69) is 25.3 Å². The molecule has 0 bridgehead atoms. The van der Waals surface area contributed by atoms with Crippen LogP contribution in [0.15, 0.2) is 9.41 Å². The van der Waals surface area contributed by atoms with Gasteiger partial charge in [-0.3, -0.25) is 9.79 Å². The van der Waals surface area contributed by atoms with Crippen molar-refractivity contribution in [3.8, 4) is 0 Å². The van der Waals surface area contributed by atoms with Crippen molar-refractivity contribution in [3.63, 3.8) is 0 Å². The summed E-state index contributed by atoms with van der Waals surface area (Å²) in [6.45, 7) is 4.66. The predicted octanol–water partition coefficient (Wildman–Crippen LogP) is 0.520. The summed E-state index contributed by atoms with van der Waals surface area (Å²) in [6.07, 6.45) is 0.286. The molecule has 0 amide bonds. The first-order valence-corrected chi connectivity index (χ1v) is 6.01. The minimum Gasteiger partial charge on any atom is -0.469 e. The molecule has 0 fully saturated rings. The summed E-state index contributed by atoms with van der Waals surface area (Å²) >= 11 is 0. The van der Waals surface area contributed by atoms with Crippen molar-refractivity contribution in [2.45, 2.75) is 26.8 Å². The summed E-state index contributed by atoms with van der Waals surface area (Å²) < 4.78 is 9.99. The molecule has 0 atom stereocenters. The van der Waals surface area contributed by atoms with Crippen LogP contribution < -0.4 is 10.6 Å². The largest absolute Gasteiger partial charge is 0.469 e. The Bertz CT molecular complexity index is 434. The molecule has 7 nitrogen and oxygen atoms in total. The maximum Gasteiger partial charge on any atom is 0.307 e. The van der Waals surface area contributed by atoms with Crippen LogP contribution in [0, 0.1) is 13.8 Å². The van der Waals surface area contributed by atoms with Gasteiger partial charge >= 0.3 is 5.97 Å². The van der Waals surface area contributed by atoms with E-state index >= 15 is 0 Å². The van der Waals surface area contributed by atoms with Crippen LogP contribution >= 0.6 is 0 Å². The third-order valence-electron chi connectivity index (χ3n) is 2.55. The third kappa shape index (κ3) is 4.99. The van der Waals surface area contributed by atoms with Crippen molar-refractivity contribution in [1.29, 1.82) is 0 Å². The van der Waals surface area contributed by atoms with Crippen LogP contribution in [0.3, 0.4) is 0 Å². The van der Waals surface area contributed by atoms with E-state index in [9.17, 15) is 4.79 Å². The smallest absolute Gasteiger partial charge is 0.307 e. The zero-order chi connectivity index (χ0) is 14.3. The third-order valence-corrected chi connectivity index (χ3v) is 2.55. The highest BCUT2D eigenvalue weighted by Gasteiger charge is 2.06. The van der Waals surface area contributed by atoms with Gasteiger partial charge in [0.05, 0.1) is 25.8 Å². The summed E-state index contributed by atoms with van der Waals surface area (Å²) in [5.41, 5.74) is 0.880. The molecule has 0 radical (unpaired) electrons. The van der Waals surface area contributed by atoms with Gasteiger partial charge < -0.3 is 19.8 Å². The SMILES string of the molecule is CN=C(NCCC(=O)OC)NCc1nc(C)c(C)o1. The maximum absolute atomic E-state index is 11.0. The number of rotatable bonds is 5. The Balaban J connectivity index is 2.35. The molecule has 0 unspecified atom stereocenters. The molecular formula is C12H20N4O3. The Hall–Kier alpha value is -2.05. The van der Waals surface area contributed by atoms with E-state index in [-0.39, 0.29) is 12.4 Å². The minimum absolute atomic E-state index is 0.262. The average Bonchev–Trinajstić information content (AvgIpc) is 2.72. The second-order valence-electron chi connectivity index (χ2n) is 3.93. The normalized spacial score (nSPS) is 11.3. The van der Waals surface area contributed by atoms with Gasteiger partial charge in [0.2, 0.25) is 5.89 Å². The van der Waals surface area contributed by atoms with Crippen LogP contribution in [-0.2, 0) is 16.1 Å². The monoisotopic (exact) mass is 268 g/mol. The first-order valence-electron chi connectivity index (χ1n) is 6.01. The van der Waals surface area contributed by atoms with Crippen LogP contribution in [0.2, 0.25) is 0 Å². The number of oxazole rings is 1. The number of ether oxygens (including phenoxy) is 1. The van der Waals surface area contributed by atoms with E-state index in [1.165, 1.54) is 7.11 Å². The number of nitrogens with zero attached hydrogens (tertiary/aromatic N) is 2. The molecule has 1 aromatic rings. The Labute approximate surface area is 112 Å². The van der Waals surface area contributed by atoms with Crippen molar-refractivity contribution in [3.05, 3.63) is 17.3 Å². The van der Waals surface area contributed by atoms with Gasteiger partial charge in [-0.25, -0.2) is 4.98 Å². The molecule has 19 heavy (non-hydrogen) atoms. The molecule has 7 heteroatoms. The summed E-state index contributed by atoms with van der Waals surface area (Å²) in [5.74, 6) is 1.73. The lowest BCUT2D eigenvalue weighted by Crippen LogP contribution is -2.38. The van der Waals surface area contributed by atoms with Crippen molar-refractivity contribution in [2.24, 2.45) is 4.99 Å². The topological polar surface area (TPSA) is 88.8 Å². The van der Waals surface area contributed by atoms with E-state index in [4.69, 9.17) is 4.42 Å². The van der Waals surface area contributed by atoms with Gasteiger partial charge in [-0.15, -0.1) is 0 Å². The molecule has 1 rings (SSSR count). The highest BCUT2D eigenvalue weighted by molar-refractivity contribution is 5.80. The Kier molecular flexibility index (Phi) is 5.84. The summed E-state index contributed by atoms with van der Waals surface area (Å²) in [7, 11) is 3.02. The van der Waals surface area contributed by atoms with Gasteiger partial charge in [0, 0.05) is 13.6 Å². The molecule has 0 aliphatic rings. The van der Waals surface area contributed by atoms with Crippen molar-refractivity contribution in [2.75, 3.05) is 20.7 Å². The van der Waals surface area contributed by atoms with Crippen LogP contribution in [0.25, 0.3) is 0 Å². The number of aromatic nitrogens is 1. The van der Waals surface area contributed by atoms with Gasteiger partial charge in [-0.1, -0.05) is 0 Å². The minimum atomic E-state index is -0.262. The maximum atomic E-state index is 11.0. The first-order chi connectivity index (χ1) is 9.06. The molecule has 1 heterocycles.